The van der Waals surface area contributed by atoms with E-state index in [-0.39, 0.29) is 11.8 Å². The second-order valence-corrected chi connectivity index (χ2v) is 6.90. The van der Waals surface area contributed by atoms with E-state index in [1.54, 1.807) is 12.1 Å². The Morgan fingerprint density at radius 3 is 2.60 bits per heavy atom. The van der Waals surface area contributed by atoms with Gasteiger partial charge in [-0.2, -0.15) is 0 Å². The molecular weight excluding hydrogens is 380 g/mol. The third-order valence-corrected chi connectivity index (χ3v) is 4.68. The molecule has 0 aliphatic carbocycles. The molecular formula is C23H28N4O3. The van der Waals surface area contributed by atoms with Crippen LogP contribution in [0.25, 0.3) is 11.0 Å². The van der Waals surface area contributed by atoms with Gasteiger partial charge in [0, 0.05) is 38.3 Å². The number of imidazole rings is 1. The van der Waals surface area contributed by atoms with Gasteiger partial charge in [-0.25, -0.2) is 4.98 Å². The Kier molecular flexibility index (Phi) is 7.97. The molecule has 0 bridgehead atoms. The molecule has 2 N–H and O–H groups in total. The van der Waals surface area contributed by atoms with Crippen LogP contribution in [-0.2, 0) is 16.1 Å². The molecule has 0 aliphatic heterocycles. The third-order valence-electron chi connectivity index (χ3n) is 4.68. The van der Waals surface area contributed by atoms with E-state index >= 15 is 0 Å². The maximum Gasteiger partial charge on any atom is 0.251 e. The van der Waals surface area contributed by atoms with Gasteiger partial charge in [-0.1, -0.05) is 30.3 Å². The fraction of sp³-hybridized carbons (Fsp3) is 0.348. The average molecular weight is 409 g/mol. The number of ether oxygens (including phenoxy) is 1. The van der Waals surface area contributed by atoms with Gasteiger partial charge in [0.2, 0.25) is 11.9 Å². The first kappa shape index (κ1) is 21.5. The molecule has 3 aromatic rings. The fourth-order valence-corrected chi connectivity index (χ4v) is 3.20. The Balaban J connectivity index is 1.52. The van der Waals surface area contributed by atoms with E-state index in [9.17, 15) is 9.59 Å². The quantitative estimate of drug-likeness (QED) is 0.475. The molecule has 0 saturated heterocycles. The van der Waals surface area contributed by atoms with Gasteiger partial charge in [0.25, 0.3) is 5.91 Å². The van der Waals surface area contributed by atoms with Gasteiger partial charge in [-0.15, -0.1) is 0 Å². The monoisotopic (exact) mass is 408 g/mol. The van der Waals surface area contributed by atoms with Crippen molar-refractivity contribution < 1.29 is 14.3 Å². The summed E-state index contributed by atoms with van der Waals surface area (Å²) in [4.78, 5) is 29.0. The minimum atomic E-state index is -0.132. The number of nitrogens with one attached hydrogen (secondary N) is 2. The summed E-state index contributed by atoms with van der Waals surface area (Å²) in [5.41, 5.74) is 2.45. The predicted octanol–water partition coefficient (Wildman–Crippen LogP) is 3.61. The Bertz CT molecular complexity index is 969. The number of fused-ring (bicyclic) bond motifs is 1. The average Bonchev–Trinajstić information content (AvgIpc) is 3.11. The van der Waals surface area contributed by atoms with E-state index in [0.717, 1.165) is 17.5 Å². The molecule has 0 spiro atoms. The highest BCUT2D eigenvalue weighted by molar-refractivity contribution is 5.94. The smallest absolute Gasteiger partial charge is 0.251 e. The van der Waals surface area contributed by atoms with E-state index in [0.29, 0.717) is 50.7 Å². The lowest BCUT2D eigenvalue weighted by molar-refractivity contribution is -0.116. The van der Waals surface area contributed by atoms with Crippen LogP contribution in [0.4, 0.5) is 5.95 Å². The first-order valence-electron chi connectivity index (χ1n) is 10.3. The van der Waals surface area contributed by atoms with Crippen molar-refractivity contribution in [3.05, 3.63) is 60.2 Å². The maximum absolute atomic E-state index is 12.4. The Morgan fingerprint density at radius 1 is 1.03 bits per heavy atom. The first-order chi connectivity index (χ1) is 14.7. The number of amides is 2. The number of aryl methyl sites for hydroxylation is 1. The minimum Gasteiger partial charge on any atom is -0.382 e. The lowest BCUT2D eigenvalue weighted by atomic mass is 10.2. The number of hydrogen-bond acceptors (Lipinski definition) is 4. The highest BCUT2D eigenvalue weighted by Gasteiger charge is 2.13. The summed E-state index contributed by atoms with van der Waals surface area (Å²) in [6.45, 7) is 4.47. The zero-order chi connectivity index (χ0) is 21.2. The Morgan fingerprint density at radius 2 is 1.80 bits per heavy atom. The van der Waals surface area contributed by atoms with Crippen LogP contribution in [0.5, 0.6) is 0 Å². The Labute approximate surface area is 176 Å². The highest BCUT2D eigenvalue weighted by atomic mass is 16.5. The molecule has 0 atom stereocenters. The summed E-state index contributed by atoms with van der Waals surface area (Å²) >= 11 is 0. The van der Waals surface area contributed by atoms with Crippen molar-refractivity contribution in [1.29, 1.82) is 0 Å². The number of rotatable bonds is 11. The van der Waals surface area contributed by atoms with E-state index in [1.807, 2.05) is 54.0 Å². The number of anilines is 1. The van der Waals surface area contributed by atoms with Gasteiger partial charge in [0.15, 0.2) is 0 Å². The van der Waals surface area contributed by atoms with Gasteiger partial charge in [-0.05, 0) is 44.0 Å². The van der Waals surface area contributed by atoms with Crippen LogP contribution >= 0.6 is 0 Å². The molecule has 7 heteroatoms. The summed E-state index contributed by atoms with van der Waals surface area (Å²) in [6.07, 6.45) is 1.69. The fourth-order valence-electron chi connectivity index (χ4n) is 3.20. The number of carbonyl (C=O) groups is 2. The number of para-hydroxylation sites is 2. The molecule has 30 heavy (non-hydrogen) atoms. The van der Waals surface area contributed by atoms with Gasteiger partial charge in [0.05, 0.1) is 11.0 Å². The molecule has 0 radical (unpaired) electrons. The van der Waals surface area contributed by atoms with Crippen LogP contribution in [0.2, 0.25) is 0 Å². The molecule has 2 aromatic carbocycles. The molecule has 0 unspecified atom stereocenters. The number of aromatic nitrogens is 2. The van der Waals surface area contributed by atoms with Crippen LogP contribution in [0.3, 0.4) is 0 Å². The van der Waals surface area contributed by atoms with E-state index in [4.69, 9.17) is 4.74 Å². The largest absolute Gasteiger partial charge is 0.382 e. The summed E-state index contributed by atoms with van der Waals surface area (Å²) < 4.78 is 7.44. The minimum absolute atomic E-state index is 0.120. The number of carbonyl (C=O) groups excluding carboxylic acids is 2. The number of benzene rings is 2. The summed E-state index contributed by atoms with van der Waals surface area (Å²) in [6, 6.07) is 16.9. The van der Waals surface area contributed by atoms with Gasteiger partial charge in [-0.3, -0.25) is 14.9 Å². The second-order valence-electron chi connectivity index (χ2n) is 6.90. The molecule has 2 amide bonds. The number of hydrogen-bond donors (Lipinski definition) is 2. The lowest BCUT2D eigenvalue weighted by Gasteiger charge is -2.10. The summed E-state index contributed by atoms with van der Waals surface area (Å²) in [7, 11) is 0. The van der Waals surface area contributed by atoms with Gasteiger partial charge >= 0.3 is 0 Å². The molecule has 0 saturated carbocycles. The topological polar surface area (TPSA) is 85.2 Å². The standard InChI is InChI=1S/C23H28N4O3/c1-2-30-17-9-16-27-20-13-7-6-12-19(20)25-23(27)26-21(28)14-8-15-24-22(29)18-10-4-3-5-11-18/h3-7,10-13H,2,8-9,14-17H2,1H3,(H,24,29)(H,25,26,28). The molecule has 1 aromatic heterocycles. The summed E-state index contributed by atoms with van der Waals surface area (Å²) in [5.74, 6) is 0.295. The SMILES string of the molecule is CCOCCCn1c(NC(=O)CCCNC(=O)c2ccccc2)nc2ccccc21. The molecule has 0 aliphatic rings. The van der Waals surface area contributed by atoms with Crippen LogP contribution in [0, 0.1) is 0 Å². The van der Waals surface area contributed by atoms with Crippen LogP contribution in [0.1, 0.15) is 36.5 Å². The van der Waals surface area contributed by atoms with Crippen molar-refractivity contribution in [2.75, 3.05) is 25.1 Å². The van der Waals surface area contributed by atoms with E-state index in [2.05, 4.69) is 15.6 Å². The van der Waals surface area contributed by atoms with Crippen molar-refractivity contribution in [2.45, 2.75) is 32.7 Å². The molecule has 158 valence electrons. The van der Waals surface area contributed by atoms with Crippen molar-refractivity contribution in [2.24, 2.45) is 0 Å². The van der Waals surface area contributed by atoms with Gasteiger partial charge in [0.1, 0.15) is 0 Å². The van der Waals surface area contributed by atoms with Crippen LogP contribution in [0.15, 0.2) is 54.6 Å². The first-order valence-corrected chi connectivity index (χ1v) is 10.3. The highest BCUT2D eigenvalue weighted by Crippen LogP contribution is 2.20. The maximum atomic E-state index is 12.4. The molecule has 3 rings (SSSR count). The zero-order valence-corrected chi connectivity index (χ0v) is 17.3. The van der Waals surface area contributed by atoms with Gasteiger partial charge < -0.3 is 14.6 Å². The molecule has 7 nitrogen and oxygen atoms in total. The zero-order valence-electron chi connectivity index (χ0n) is 17.3. The lowest BCUT2D eigenvalue weighted by Crippen LogP contribution is -2.25. The third kappa shape index (κ3) is 5.90. The second kappa shape index (κ2) is 11.1. The van der Waals surface area contributed by atoms with E-state index in [1.165, 1.54) is 0 Å². The van der Waals surface area contributed by atoms with E-state index < -0.39 is 0 Å². The normalized spacial score (nSPS) is 10.8. The Hall–Kier alpha value is -3.19. The van der Waals surface area contributed by atoms with Crippen LogP contribution < -0.4 is 10.6 Å². The predicted molar refractivity (Wildman–Crippen MR) is 117 cm³/mol. The van der Waals surface area contributed by atoms with Crippen molar-refractivity contribution in [1.82, 2.24) is 14.9 Å². The van der Waals surface area contributed by atoms with Crippen molar-refractivity contribution in [3.63, 3.8) is 0 Å². The van der Waals surface area contributed by atoms with Crippen LogP contribution in [-0.4, -0.2) is 41.1 Å². The number of nitrogens with zero attached hydrogens (tertiary/aromatic N) is 2. The summed E-state index contributed by atoms with van der Waals surface area (Å²) in [5, 5.41) is 5.76. The van der Waals surface area contributed by atoms with Crippen molar-refractivity contribution in [3.8, 4) is 0 Å². The molecule has 1 heterocycles. The molecule has 0 fully saturated rings. The van der Waals surface area contributed by atoms with Crippen molar-refractivity contribution >= 4 is 28.8 Å².